The summed E-state index contributed by atoms with van der Waals surface area (Å²) in [6.07, 6.45) is -0.303. The average molecular weight is 396 g/mol. The topological polar surface area (TPSA) is 66.4 Å². The van der Waals surface area contributed by atoms with Gasteiger partial charge in [-0.15, -0.1) is 0 Å². The minimum absolute atomic E-state index is 0.0143. The molecule has 7 nitrogen and oxygen atoms in total. The highest BCUT2D eigenvalue weighted by Gasteiger charge is 2.36. The summed E-state index contributed by atoms with van der Waals surface area (Å²) in [5.41, 5.74) is -0.517. The van der Waals surface area contributed by atoms with Gasteiger partial charge in [-0.05, 0) is 32.9 Å². The molecule has 0 saturated carbocycles. The fraction of sp³-hybridized carbons (Fsp3) is 0.579. The maximum Gasteiger partial charge on any atom is 0.410 e. The van der Waals surface area contributed by atoms with Gasteiger partial charge in [-0.3, -0.25) is 4.99 Å². The summed E-state index contributed by atoms with van der Waals surface area (Å²) in [7, 11) is 0. The van der Waals surface area contributed by atoms with Gasteiger partial charge >= 0.3 is 6.09 Å². The molecule has 1 amide bonds. The molecule has 2 aliphatic rings. The maximum absolute atomic E-state index is 13.5. The third kappa shape index (κ3) is 5.02. The molecule has 1 aromatic rings. The first kappa shape index (κ1) is 20.2. The molecule has 1 unspecified atom stereocenters. The normalized spacial score (nSPS) is 19.2. The lowest BCUT2D eigenvalue weighted by atomic mass is 10.2. The van der Waals surface area contributed by atoms with Gasteiger partial charge in [0.25, 0.3) is 0 Å². The predicted octanol–water partition coefficient (Wildman–Crippen LogP) is 2.22. The van der Waals surface area contributed by atoms with Crippen LogP contribution in [-0.2, 0) is 4.74 Å². The number of fused-ring (bicyclic) bond motifs is 1. The fourth-order valence-corrected chi connectivity index (χ4v) is 3.14. The van der Waals surface area contributed by atoms with E-state index in [0.29, 0.717) is 32.7 Å². The molecule has 0 aromatic heterocycles. The Hall–Kier alpha value is -2.58. The van der Waals surface area contributed by atoms with Crippen LogP contribution in [0.3, 0.4) is 0 Å². The van der Waals surface area contributed by atoms with E-state index in [1.54, 1.807) is 4.90 Å². The van der Waals surface area contributed by atoms with Gasteiger partial charge < -0.3 is 24.6 Å². The highest BCUT2D eigenvalue weighted by Crippen LogP contribution is 2.19. The number of nitrogens with zero attached hydrogens (tertiary/aromatic N) is 3. The van der Waals surface area contributed by atoms with Gasteiger partial charge in [0.15, 0.2) is 17.5 Å². The standard InChI is InChI=1S/C19H26F2N4O3/c1-19(2,3)28-18(26)24-7-8-25-14(12-24)11-23-17(25)22-6-9-27-16-5-4-13(20)10-15(16)21/h4-5,10,14H,6-9,11-12H2,1-3H3,(H,22,23). The van der Waals surface area contributed by atoms with Crippen molar-refractivity contribution in [3.63, 3.8) is 0 Å². The van der Waals surface area contributed by atoms with Crippen LogP contribution < -0.4 is 10.1 Å². The van der Waals surface area contributed by atoms with E-state index in [4.69, 9.17) is 9.47 Å². The molecule has 0 spiro atoms. The Morgan fingerprint density at radius 3 is 2.82 bits per heavy atom. The lowest BCUT2D eigenvalue weighted by Crippen LogP contribution is -2.57. The van der Waals surface area contributed by atoms with E-state index in [2.05, 4.69) is 15.2 Å². The summed E-state index contributed by atoms with van der Waals surface area (Å²) in [5, 5.41) is 3.18. The Morgan fingerprint density at radius 2 is 2.11 bits per heavy atom. The van der Waals surface area contributed by atoms with Gasteiger partial charge in [-0.25, -0.2) is 13.6 Å². The van der Waals surface area contributed by atoms with Crippen molar-refractivity contribution < 1.29 is 23.0 Å². The molecule has 0 aliphatic carbocycles. The first-order valence-electron chi connectivity index (χ1n) is 9.34. The molecule has 154 valence electrons. The summed E-state index contributed by atoms with van der Waals surface area (Å²) >= 11 is 0. The molecule has 1 aromatic carbocycles. The number of carbonyl (C=O) groups is 1. The monoisotopic (exact) mass is 396 g/mol. The first-order valence-corrected chi connectivity index (χ1v) is 9.34. The molecule has 3 rings (SSSR count). The van der Waals surface area contributed by atoms with Gasteiger partial charge in [0, 0.05) is 25.7 Å². The number of ether oxygens (including phenoxy) is 2. The minimum Gasteiger partial charge on any atom is -0.489 e. The van der Waals surface area contributed by atoms with Crippen molar-refractivity contribution in [3.8, 4) is 5.75 Å². The van der Waals surface area contributed by atoms with Gasteiger partial charge in [0.05, 0.1) is 19.1 Å². The summed E-state index contributed by atoms with van der Waals surface area (Å²) in [4.78, 5) is 20.6. The third-order valence-corrected chi connectivity index (χ3v) is 4.39. The largest absolute Gasteiger partial charge is 0.489 e. The second-order valence-electron chi connectivity index (χ2n) is 7.79. The Balaban J connectivity index is 1.43. The molecule has 1 atom stereocenters. The number of hydrogen-bond donors (Lipinski definition) is 1. The van der Waals surface area contributed by atoms with Crippen LogP contribution in [0.4, 0.5) is 13.6 Å². The number of guanidine groups is 1. The maximum atomic E-state index is 13.5. The number of amides is 1. The molecule has 0 bridgehead atoms. The molecule has 1 fully saturated rings. The first-order chi connectivity index (χ1) is 13.2. The smallest absolute Gasteiger partial charge is 0.410 e. The number of halogens is 2. The molecule has 2 aliphatic heterocycles. The zero-order chi connectivity index (χ0) is 20.3. The van der Waals surface area contributed by atoms with Gasteiger partial charge in [-0.2, -0.15) is 0 Å². The van der Waals surface area contributed by atoms with Crippen LogP contribution in [0.15, 0.2) is 23.2 Å². The molecule has 1 N–H and O–H groups in total. The lowest BCUT2D eigenvalue weighted by molar-refractivity contribution is 0.0137. The summed E-state index contributed by atoms with van der Waals surface area (Å²) in [5.74, 6) is -0.603. The fourth-order valence-electron chi connectivity index (χ4n) is 3.14. The van der Waals surface area contributed by atoms with Gasteiger partial charge in [-0.1, -0.05) is 0 Å². The van der Waals surface area contributed by atoms with Crippen molar-refractivity contribution in [2.75, 3.05) is 39.3 Å². The zero-order valence-corrected chi connectivity index (χ0v) is 16.4. The second kappa shape index (κ2) is 8.20. The average Bonchev–Trinajstić information content (AvgIpc) is 3.01. The number of benzene rings is 1. The van der Waals surface area contributed by atoms with E-state index < -0.39 is 17.2 Å². The number of carbonyl (C=O) groups excluding carboxylic acids is 1. The van der Waals surface area contributed by atoms with E-state index in [-0.39, 0.29) is 24.5 Å². The molecule has 0 radical (unpaired) electrons. The molecule has 2 heterocycles. The van der Waals surface area contributed by atoms with Crippen molar-refractivity contribution in [3.05, 3.63) is 29.8 Å². The molecule has 1 saturated heterocycles. The molecular weight excluding hydrogens is 370 g/mol. The Morgan fingerprint density at radius 1 is 1.32 bits per heavy atom. The summed E-state index contributed by atoms with van der Waals surface area (Å²) < 4.78 is 37.2. The van der Waals surface area contributed by atoms with Crippen LogP contribution in [0.5, 0.6) is 5.75 Å². The van der Waals surface area contributed by atoms with Crippen molar-refractivity contribution >= 4 is 12.1 Å². The SMILES string of the molecule is CC(C)(C)OC(=O)N1CCN2C(NCCOc3ccc(F)cc3F)=NCC2C1. The summed E-state index contributed by atoms with van der Waals surface area (Å²) in [6, 6.07) is 3.32. The summed E-state index contributed by atoms with van der Waals surface area (Å²) in [6.45, 7) is 8.55. The van der Waals surface area contributed by atoms with Crippen LogP contribution in [0.25, 0.3) is 0 Å². The number of aliphatic imine (C=N–C) groups is 1. The molecule has 28 heavy (non-hydrogen) atoms. The third-order valence-electron chi connectivity index (χ3n) is 4.39. The van der Waals surface area contributed by atoms with Crippen LogP contribution >= 0.6 is 0 Å². The van der Waals surface area contributed by atoms with E-state index in [1.807, 2.05) is 20.8 Å². The highest BCUT2D eigenvalue weighted by atomic mass is 19.1. The van der Waals surface area contributed by atoms with E-state index in [9.17, 15) is 13.6 Å². The second-order valence-corrected chi connectivity index (χ2v) is 7.79. The number of nitrogens with one attached hydrogen (secondary N) is 1. The lowest BCUT2D eigenvalue weighted by Gasteiger charge is -2.39. The van der Waals surface area contributed by atoms with Crippen molar-refractivity contribution in [1.82, 2.24) is 15.1 Å². The Bertz CT molecular complexity index is 751. The number of hydrogen-bond acceptors (Lipinski definition) is 6. The Labute approximate surface area is 163 Å². The predicted molar refractivity (Wildman–Crippen MR) is 100 cm³/mol. The van der Waals surface area contributed by atoms with Crippen molar-refractivity contribution in [2.45, 2.75) is 32.4 Å². The Kier molecular flexibility index (Phi) is 5.90. The van der Waals surface area contributed by atoms with Crippen LogP contribution in [-0.4, -0.2) is 72.8 Å². The number of piperazine rings is 1. The van der Waals surface area contributed by atoms with Gasteiger partial charge in [0.2, 0.25) is 0 Å². The van der Waals surface area contributed by atoms with Gasteiger partial charge in [0.1, 0.15) is 18.0 Å². The van der Waals surface area contributed by atoms with Crippen LogP contribution in [0, 0.1) is 11.6 Å². The van der Waals surface area contributed by atoms with Crippen molar-refractivity contribution in [2.24, 2.45) is 4.99 Å². The van der Waals surface area contributed by atoms with Crippen LogP contribution in [0.2, 0.25) is 0 Å². The van der Waals surface area contributed by atoms with Crippen LogP contribution in [0.1, 0.15) is 20.8 Å². The quantitative estimate of drug-likeness (QED) is 0.791. The molecular formula is C19H26F2N4O3. The number of rotatable bonds is 4. The highest BCUT2D eigenvalue weighted by molar-refractivity contribution is 5.82. The minimum atomic E-state index is -0.725. The van der Waals surface area contributed by atoms with E-state index in [1.165, 1.54) is 6.07 Å². The van der Waals surface area contributed by atoms with Crippen molar-refractivity contribution in [1.29, 1.82) is 0 Å². The van der Waals surface area contributed by atoms with E-state index in [0.717, 1.165) is 18.1 Å². The molecule has 9 heteroatoms. The zero-order valence-electron chi connectivity index (χ0n) is 16.4. The van der Waals surface area contributed by atoms with E-state index >= 15 is 0 Å².